The van der Waals surface area contributed by atoms with Gasteiger partial charge in [0.25, 0.3) is 0 Å². The zero-order chi connectivity index (χ0) is 19.1. The van der Waals surface area contributed by atoms with E-state index in [1.54, 1.807) is 0 Å². The lowest BCUT2D eigenvalue weighted by Gasteiger charge is -2.28. The van der Waals surface area contributed by atoms with Gasteiger partial charge < -0.3 is 9.84 Å². The molecule has 1 aromatic rings. The standard InChI is InChI=1S/C23H33NO3/c1-2-18-5-9-21(10-6-18)27-22-11-7-19(8-12-22)20-13-16-24(17-14-20)15-3-4-23(25)26/h7-8,11-13,18,21H,2-6,9-10,14-17H2,1H3,(H,25,26)/t18-,21+. The number of carbonyl (C=O) groups is 1. The fraction of sp³-hybridized carbons (Fsp3) is 0.609. The second kappa shape index (κ2) is 9.93. The van der Waals surface area contributed by atoms with Crippen molar-refractivity contribution in [1.29, 1.82) is 0 Å². The molecule has 0 saturated heterocycles. The summed E-state index contributed by atoms with van der Waals surface area (Å²) < 4.78 is 6.20. The lowest BCUT2D eigenvalue weighted by molar-refractivity contribution is -0.137. The predicted molar refractivity (Wildman–Crippen MR) is 109 cm³/mol. The predicted octanol–water partition coefficient (Wildman–Crippen LogP) is 4.99. The third kappa shape index (κ3) is 6.10. The SMILES string of the molecule is CC[C@H]1CC[C@@H](Oc2ccc(C3=CCN(CCCC(=O)O)CC3)cc2)CC1. The van der Waals surface area contributed by atoms with E-state index in [-0.39, 0.29) is 6.42 Å². The van der Waals surface area contributed by atoms with E-state index in [0.717, 1.165) is 44.1 Å². The molecule has 2 aliphatic rings. The maximum atomic E-state index is 10.6. The lowest BCUT2D eigenvalue weighted by Crippen LogP contribution is -2.29. The van der Waals surface area contributed by atoms with Crippen LogP contribution in [0.5, 0.6) is 5.75 Å². The Kier molecular flexibility index (Phi) is 7.33. The third-order valence-electron chi connectivity index (χ3n) is 6.06. The molecule has 0 bridgehead atoms. The van der Waals surface area contributed by atoms with Crippen LogP contribution in [0.3, 0.4) is 0 Å². The Labute approximate surface area is 163 Å². The topological polar surface area (TPSA) is 49.8 Å². The summed E-state index contributed by atoms with van der Waals surface area (Å²) in [7, 11) is 0. The largest absolute Gasteiger partial charge is 0.490 e. The van der Waals surface area contributed by atoms with Gasteiger partial charge in [-0.05, 0) is 74.3 Å². The van der Waals surface area contributed by atoms with Gasteiger partial charge in [-0.3, -0.25) is 9.69 Å². The highest BCUT2D eigenvalue weighted by Crippen LogP contribution is 2.30. The van der Waals surface area contributed by atoms with E-state index >= 15 is 0 Å². The van der Waals surface area contributed by atoms with Crippen LogP contribution in [0.2, 0.25) is 0 Å². The summed E-state index contributed by atoms with van der Waals surface area (Å²) in [5.41, 5.74) is 2.67. The molecule has 0 unspecified atom stereocenters. The van der Waals surface area contributed by atoms with E-state index in [9.17, 15) is 4.79 Å². The van der Waals surface area contributed by atoms with Crippen LogP contribution in [-0.2, 0) is 4.79 Å². The van der Waals surface area contributed by atoms with Gasteiger partial charge in [0.2, 0.25) is 0 Å². The molecule has 1 aliphatic carbocycles. The van der Waals surface area contributed by atoms with Gasteiger partial charge in [0.1, 0.15) is 5.75 Å². The van der Waals surface area contributed by atoms with Crippen molar-refractivity contribution < 1.29 is 14.6 Å². The zero-order valence-corrected chi connectivity index (χ0v) is 16.5. The molecular formula is C23H33NO3. The fourth-order valence-corrected chi connectivity index (χ4v) is 4.23. The number of hydrogen-bond donors (Lipinski definition) is 1. The van der Waals surface area contributed by atoms with E-state index in [1.165, 1.54) is 43.2 Å². The summed E-state index contributed by atoms with van der Waals surface area (Å²) in [5, 5.41) is 8.74. The minimum absolute atomic E-state index is 0.259. The lowest BCUT2D eigenvalue weighted by atomic mass is 9.86. The average Bonchev–Trinajstić information content (AvgIpc) is 2.69. The van der Waals surface area contributed by atoms with Crippen LogP contribution in [0.4, 0.5) is 0 Å². The normalized spacial score (nSPS) is 23.7. The molecule has 1 fully saturated rings. The van der Waals surface area contributed by atoms with Crippen molar-refractivity contribution in [1.82, 2.24) is 4.90 Å². The van der Waals surface area contributed by atoms with Crippen molar-refractivity contribution in [2.45, 2.75) is 64.4 Å². The summed E-state index contributed by atoms with van der Waals surface area (Å²) in [5.74, 6) is 1.18. The van der Waals surface area contributed by atoms with Gasteiger partial charge in [0.15, 0.2) is 0 Å². The monoisotopic (exact) mass is 371 g/mol. The smallest absolute Gasteiger partial charge is 0.303 e. The van der Waals surface area contributed by atoms with Gasteiger partial charge in [-0.2, -0.15) is 0 Å². The Bertz CT molecular complexity index is 630. The number of hydrogen-bond acceptors (Lipinski definition) is 3. The van der Waals surface area contributed by atoms with Gasteiger partial charge in [-0.15, -0.1) is 0 Å². The Balaban J connectivity index is 1.46. The first kappa shape index (κ1) is 19.9. The Hall–Kier alpha value is -1.81. The van der Waals surface area contributed by atoms with E-state index in [1.807, 2.05) is 0 Å². The van der Waals surface area contributed by atoms with E-state index in [2.05, 4.69) is 42.2 Å². The van der Waals surface area contributed by atoms with Gasteiger partial charge in [0, 0.05) is 19.5 Å². The molecule has 4 heteroatoms. The Morgan fingerprint density at radius 1 is 1.19 bits per heavy atom. The number of benzene rings is 1. The molecule has 1 aromatic carbocycles. The Morgan fingerprint density at radius 3 is 2.52 bits per heavy atom. The van der Waals surface area contributed by atoms with Gasteiger partial charge >= 0.3 is 5.97 Å². The van der Waals surface area contributed by atoms with E-state index in [0.29, 0.717) is 6.10 Å². The third-order valence-corrected chi connectivity index (χ3v) is 6.06. The maximum Gasteiger partial charge on any atom is 0.303 e. The number of rotatable bonds is 8. The van der Waals surface area contributed by atoms with E-state index < -0.39 is 5.97 Å². The van der Waals surface area contributed by atoms with Crippen molar-refractivity contribution in [2.24, 2.45) is 5.92 Å². The molecule has 1 aliphatic heterocycles. The minimum atomic E-state index is -0.705. The molecule has 0 amide bonds. The zero-order valence-electron chi connectivity index (χ0n) is 16.5. The second-order valence-electron chi connectivity index (χ2n) is 7.97. The van der Waals surface area contributed by atoms with Crippen LogP contribution in [-0.4, -0.2) is 41.7 Å². The molecule has 0 spiro atoms. The first-order valence-corrected chi connectivity index (χ1v) is 10.5. The fourth-order valence-electron chi connectivity index (χ4n) is 4.23. The second-order valence-corrected chi connectivity index (χ2v) is 7.97. The van der Waals surface area contributed by atoms with Crippen molar-refractivity contribution in [3.8, 4) is 5.75 Å². The van der Waals surface area contributed by atoms with Crippen LogP contribution < -0.4 is 4.74 Å². The number of nitrogens with zero attached hydrogens (tertiary/aromatic N) is 1. The molecule has 1 heterocycles. The molecule has 3 rings (SSSR count). The van der Waals surface area contributed by atoms with Crippen molar-refractivity contribution in [2.75, 3.05) is 19.6 Å². The van der Waals surface area contributed by atoms with Crippen LogP contribution in [0.15, 0.2) is 30.3 Å². The number of carboxylic acid groups (broad SMARTS) is 1. The van der Waals surface area contributed by atoms with Crippen molar-refractivity contribution >= 4 is 11.5 Å². The van der Waals surface area contributed by atoms with Gasteiger partial charge in [-0.25, -0.2) is 0 Å². The molecule has 4 nitrogen and oxygen atoms in total. The first-order valence-electron chi connectivity index (χ1n) is 10.5. The molecule has 148 valence electrons. The summed E-state index contributed by atoms with van der Waals surface area (Å²) in [6, 6.07) is 8.58. The number of carboxylic acids is 1. The molecule has 0 atom stereocenters. The average molecular weight is 372 g/mol. The van der Waals surface area contributed by atoms with E-state index in [4.69, 9.17) is 9.84 Å². The summed E-state index contributed by atoms with van der Waals surface area (Å²) in [4.78, 5) is 12.9. The summed E-state index contributed by atoms with van der Waals surface area (Å²) >= 11 is 0. The molecule has 1 saturated carbocycles. The van der Waals surface area contributed by atoms with Crippen LogP contribution >= 0.6 is 0 Å². The van der Waals surface area contributed by atoms with Crippen LogP contribution in [0.25, 0.3) is 5.57 Å². The Morgan fingerprint density at radius 2 is 1.93 bits per heavy atom. The first-order chi connectivity index (χ1) is 13.1. The highest BCUT2D eigenvalue weighted by atomic mass is 16.5. The number of aliphatic carboxylic acids is 1. The molecule has 0 aromatic heterocycles. The minimum Gasteiger partial charge on any atom is -0.490 e. The van der Waals surface area contributed by atoms with Gasteiger partial charge in [0.05, 0.1) is 6.10 Å². The van der Waals surface area contributed by atoms with Crippen LogP contribution in [0, 0.1) is 5.92 Å². The quantitative estimate of drug-likeness (QED) is 0.699. The van der Waals surface area contributed by atoms with Gasteiger partial charge in [-0.1, -0.05) is 31.6 Å². The highest BCUT2D eigenvalue weighted by molar-refractivity contribution is 5.67. The number of ether oxygens (including phenoxy) is 1. The molecular weight excluding hydrogens is 338 g/mol. The molecule has 0 radical (unpaired) electrons. The van der Waals surface area contributed by atoms with Crippen molar-refractivity contribution in [3.05, 3.63) is 35.9 Å². The van der Waals surface area contributed by atoms with Crippen LogP contribution in [0.1, 0.15) is 63.9 Å². The summed E-state index contributed by atoms with van der Waals surface area (Å²) in [6.07, 6.45) is 10.9. The van der Waals surface area contributed by atoms with Crippen molar-refractivity contribution in [3.63, 3.8) is 0 Å². The molecule has 1 N–H and O–H groups in total. The molecule has 27 heavy (non-hydrogen) atoms. The summed E-state index contributed by atoms with van der Waals surface area (Å²) in [6.45, 7) is 5.07. The highest BCUT2D eigenvalue weighted by Gasteiger charge is 2.21. The maximum absolute atomic E-state index is 10.6.